The zero-order valence-corrected chi connectivity index (χ0v) is 34.2. The first-order valence-corrected chi connectivity index (χ1v) is 22.4. The van der Waals surface area contributed by atoms with E-state index in [1.165, 1.54) is 83.5 Å². The molecule has 0 bridgehead atoms. The van der Waals surface area contributed by atoms with E-state index in [4.69, 9.17) is 23.6 Å². The third-order valence-corrected chi connectivity index (χ3v) is 10.00. The van der Waals surface area contributed by atoms with Gasteiger partial charge in [0.1, 0.15) is 18.8 Å². The first-order valence-electron chi connectivity index (χ1n) is 20.9. The van der Waals surface area contributed by atoms with E-state index in [-0.39, 0.29) is 19.4 Å². The number of phosphoric acid groups is 1. The summed E-state index contributed by atoms with van der Waals surface area (Å²) >= 11 is 0. The first kappa shape index (κ1) is 51.4. The summed E-state index contributed by atoms with van der Waals surface area (Å²) in [6, 6.07) is 0. The highest BCUT2D eigenvalue weighted by Crippen LogP contribution is 2.45. The zero-order chi connectivity index (χ0) is 39.3. The van der Waals surface area contributed by atoms with Gasteiger partial charge in [0.05, 0.1) is 19.8 Å². The van der Waals surface area contributed by atoms with E-state index < -0.39 is 57.9 Å². The van der Waals surface area contributed by atoms with Gasteiger partial charge in [-0.15, -0.1) is 0 Å². The highest BCUT2D eigenvalue weighted by Gasteiger charge is 2.32. The topological polar surface area (TPSA) is 169 Å². The molecule has 4 atom stereocenters. The summed E-state index contributed by atoms with van der Waals surface area (Å²) in [5.41, 5.74) is 0. The standard InChI is InChI=1S/C41H77O11P/c1-3-5-7-9-11-13-15-17-18-20-21-23-25-27-29-31-40(45)49-35-37(36-50-53(47,48)52-39(34-43)38(44)33-42)51-41(46)32-30-28-26-24-22-19-16-14-12-10-8-6-4-2/h8,10,22,24,37-39,42-44H,3-7,9,11-21,23,25-36H2,1-2H3,(H,47,48)/b10-8-,24-22-/t37-,38-,39-/m1/s1. The molecule has 0 radical (unpaired) electrons. The lowest BCUT2D eigenvalue weighted by molar-refractivity contribution is -0.161. The summed E-state index contributed by atoms with van der Waals surface area (Å²) in [6.07, 6.45) is 32.0. The summed E-state index contributed by atoms with van der Waals surface area (Å²) in [7, 11) is -4.85. The predicted octanol–water partition coefficient (Wildman–Crippen LogP) is 9.58. The van der Waals surface area contributed by atoms with Gasteiger partial charge in [-0.3, -0.25) is 18.6 Å². The number of aliphatic hydroxyl groups is 3. The molecule has 312 valence electrons. The Bertz CT molecular complexity index is 958. The Labute approximate surface area is 321 Å². The highest BCUT2D eigenvalue weighted by molar-refractivity contribution is 7.47. The van der Waals surface area contributed by atoms with E-state index in [0.29, 0.717) is 12.8 Å². The van der Waals surface area contributed by atoms with Crippen molar-refractivity contribution in [1.29, 1.82) is 0 Å². The normalized spacial score (nSPS) is 14.8. The van der Waals surface area contributed by atoms with Crippen LogP contribution < -0.4 is 0 Å². The molecule has 0 rings (SSSR count). The van der Waals surface area contributed by atoms with E-state index in [0.717, 1.165) is 57.8 Å². The largest absolute Gasteiger partial charge is 0.472 e. The Morgan fingerprint density at radius 2 is 1.04 bits per heavy atom. The van der Waals surface area contributed by atoms with Gasteiger partial charge >= 0.3 is 19.8 Å². The molecule has 0 aliphatic heterocycles. The number of unbranched alkanes of at least 4 members (excludes halogenated alkanes) is 20. The second kappa shape index (κ2) is 37.3. The Kier molecular flexibility index (Phi) is 36.2. The average molecular weight is 777 g/mol. The first-order chi connectivity index (χ1) is 25.7. The molecule has 0 saturated heterocycles. The molecule has 4 N–H and O–H groups in total. The van der Waals surface area contributed by atoms with E-state index in [2.05, 4.69) is 38.2 Å². The number of phosphoric ester groups is 1. The molecule has 11 nitrogen and oxygen atoms in total. The Morgan fingerprint density at radius 3 is 1.53 bits per heavy atom. The van der Waals surface area contributed by atoms with E-state index in [1.807, 2.05) is 0 Å². The van der Waals surface area contributed by atoms with Gasteiger partial charge in [0.15, 0.2) is 6.10 Å². The molecule has 0 aromatic carbocycles. The van der Waals surface area contributed by atoms with Crippen LogP contribution in [0, 0.1) is 0 Å². The predicted molar refractivity (Wildman–Crippen MR) is 211 cm³/mol. The number of rotatable bonds is 39. The van der Waals surface area contributed by atoms with Crippen molar-refractivity contribution in [2.75, 3.05) is 26.4 Å². The van der Waals surface area contributed by atoms with E-state index in [9.17, 15) is 29.3 Å². The van der Waals surface area contributed by atoms with Crippen LogP contribution in [0.2, 0.25) is 0 Å². The van der Waals surface area contributed by atoms with Gasteiger partial charge in [0.2, 0.25) is 0 Å². The smallest absolute Gasteiger partial charge is 0.462 e. The lowest BCUT2D eigenvalue weighted by atomic mass is 10.0. The van der Waals surface area contributed by atoms with Crippen molar-refractivity contribution in [1.82, 2.24) is 0 Å². The maximum atomic E-state index is 12.6. The summed E-state index contributed by atoms with van der Waals surface area (Å²) < 4.78 is 33.0. The number of esters is 2. The van der Waals surface area contributed by atoms with Crippen molar-refractivity contribution in [3.05, 3.63) is 24.3 Å². The average Bonchev–Trinajstić information content (AvgIpc) is 3.14. The SMILES string of the molecule is CCC/C=C\CCCC/C=C\CCCCC(=O)O[C@H](COC(=O)CCCCCCCCCCCCCCCCC)COP(=O)(O)O[C@H](CO)[C@H](O)CO. The van der Waals surface area contributed by atoms with Gasteiger partial charge in [-0.25, -0.2) is 4.57 Å². The number of hydrogen-bond acceptors (Lipinski definition) is 10. The quantitative estimate of drug-likeness (QED) is 0.0203. The van der Waals surface area contributed by atoms with Crippen molar-refractivity contribution < 1.29 is 52.9 Å². The molecule has 0 amide bonds. The van der Waals surface area contributed by atoms with Crippen LogP contribution in [0.3, 0.4) is 0 Å². The van der Waals surface area contributed by atoms with Gasteiger partial charge in [-0.05, 0) is 57.8 Å². The molecule has 0 aliphatic carbocycles. The second-order valence-corrected chi connectivity index (χ2v) is 15.5. The monoisotopic (exact) mass is 777 g/mol. The number of aliphatic hydroxyl groups excluding tert-OH is 3. The Morgan fingerprint density at radius 1 is 0.585 bits per heavy atom. The molecule has 0 aliphatic rings. The third-order valence-electron chi connectivity index (χ3n) is 8.98. The van der Waals surface area contributed by atoms with Gasteiger partial charge in [-0.1, -0.05) is 134 Å². The Hall–Kier alpha value is -1.59. The summed E-state index contributed by atoms with van der Waals surface area (Å²) in [6.45, 7) is 1.76. The van der Waals surface area contributed by atoms with Crippen LogP contribution in [-0.2, 0) is 32.7 Å². The van der Waals surface area contributed by atoms with Crippen LogP contribution in [0.1, 0.15) is 181 Å². The molecular formula is C41H77O11P. The van der Waals surface area contributed by atoms with Crippen molar-refractivity contribution in [2.45, 2.75) is 199 Å². The van der Waals surface area contributed by atoms with Crippen LogP contribution in [0.5, 0.6) is 0 Å². The number of carbonyl (C=O) groups is 2. The maximum Gasteiger partial charge on any atom is 0.472 e. The fourth-order valence-electron chi connectivity index (χ4n) is 5.68. The van der Waals surface area contributed by atoms with Gasteiger partial charge in [0.25, 0.3) is 0 Å². The third kappa shape index (κ3) is 34.6. The van der Waals surface area contributed by atoms with Gasteiger partial charge in [0, 0.05) is 12.8 Å². The fourth-order valence-corrected chi connectivity index (χ4v) is 6.64. The summed E-state index contributed by atoms with van der Waals surface area (Å²) in [5, 5.41) is 28.1. The highest BCUT2D eigenvalue weighted by atomic mass is 31.2. The lowest BCUT2D eigenvalue weighted by Gasteiger charge is -2.24. The maximum absolute atomic E-state index is 12.6. The number of ether oxygens (including phenoxy) is 2. The van der Waals surface area contributed by atoms with Crippen LogP contribution >= 0.6 is 7.82 Å². The fraction of sp³-hybridized carbons (Fsp3) is 0.854. The number of allylic oxidation sites excluding steroid dienone is 4. The van der Waals surface area contributed by atoms with Crippen molar-refractivity contribution >= 4 is 19.8 Å². The van der Waals surface area contributed by atoms with Gasteiger partial charge in [-0.2, -0.15) is 0 Å². The molecule has 0 fully saturated rings. The molecule has 12 heteroatoms. The second-order valence-electron chi connectivity index (χ2n) is 14.1. The molecule has 1 unspecified atom stereocenters. The van der Waals surface area contributed by atoms with Gasteiger partial charge < -0.3 is 29.7 Å². The van der Waals surface area contributed by atoms with Crippen molar-refractivity contribution in [3.8, 4) is 0 Å². The van der Waals surface area contributed by atoms with E-state index in [1.54, 1.807) is 0 Å². The van der Waals surface area contributed by atoms with E-state index >= 15 is 0 Å². The molecular weight excluding hydrogens is 699 g/mol. The van der Waals surface area contributed by atoms with Crippen LogP contribution in [0.15, 0.2) is 24.3 Å². The van der Waals surface area contributed by atoms with Crippen molar-refractivity contribution in [3.63, 3.8) is 0 Å². The zero-order valence-electron chi connectivity index (χ0n) is 33.3. The minimum absolute atomic E-state index is 0.115. The molecule has 0 heterocycles. The van der Waals surface area contributed by atoms with Crippen LogP contribution in [-0.4, -0.2) is 76.9 Å². The summed E-state index contributed by atoms with van der Waals surface area (Å²) in [4.78, 5) is 35.2. The minimum atomic E-state index is -4.85. The minimum Gasteiger partial charge on any atom is -0.462 e. The summed E-state index contributed by atoms with van der Waals surface area (Å²) in [5.74, 6) is -1.02. The molecule has 0 aromatic rings. The van der Waals surface area contributed by atoms with Crippen molar-refractivity contribution in [2.24, 2.45) is 0 Å². The number of hydrogen-bond donors (Lipinski definition) is 4. The van der Waals surface area contributed by atoms with Crippen LogP contribution in [0.25, 0.3) is 0 Å². The lowest BCUT2D eigenvalue weighted by Crippen LogP contribution is -2.35. The van der Waals surface area contributed by atoms with Crippen LogP contribution in [0.4, 0.5) is 0 Å². The molecule has 0 aromatic heterocycles. The molecule has 0 saturated carbocycles. The molecule has 0 spiro atoms. The number of carbonyl (C=O) groups excluding carboxylic acids is 2. The Balaban J connectivity index is 4.51. The molecule has 53 heavy (non-hydrogen) atoms.